The molecular weight excluding hydrogens is 204 g/mol. The third-order valence-corrected chi connectivity index (χ3v) is 2.50. The first-order valence-electron chi connectivity index (χ1n) is 5.94. The maximum absolute atomic E-state index is 11.6. The Morgan fingerprint density at radius 3 is 2.62 bits per heavy atom. The van der Waals surface area contributed by atoms with Gasteiger partial charge in [0.2, 0.25) is 5.91 Å². The first-order valence-corrected chi connectivity index (χ1v) is 5.94. The highest BCUT2D eigenvalue weighted by molar-refractivity contribution is 5.79. The Balaban J connectivity index is 2.21. The van der Waals surface area contributed by atoms with E-state index in [0.29, 0.717) is 18.9 Å². The molecule has 5 heteroatoms. The molecule has 16 heavy (non-hydrogen) atoms. The maximum Gasteiger partial charge on any atom is 0.224 e. The monoisotopic (exact) mass is 226 g/mol. The topological polar surface area (TPSA) is 70.7 Å². The zero-order chi connectivity index (χ0) is 12.0. The van der Waals surface area contributed by atoms with Crippen LogP contribution in [0.25, 0.3) is 0 Å². The number of carbonyl (C=O) groups excluding carboxylic acids is 1. The molecular formula is C11H22N4O. The number of hydrogen-bond donors (Lipinski definition) is 2. The van der Waals surface area contributed by atoms with Gasteiger partial charge in [0, 0.05) is 25.6 Å². The lowest BCUT2D eigenvalue weighted by molar-refractivity contribution is -0.129. The third-order valence-electron chi connectivity index (χ3n) is 2.50. The van der Waals surface area contributed by atoms with Gasteiger partial charge in [-0.05, 0) is 26.7 Å². The molecule has 1 amide bonds. The molecule has 0 spiro atoms. The lowest BCUT2D eigenvalue weighted by Gasteiger charge is -2.14. The van der Waals surface area contributed by atoms with E-state index >= 15 is 0 Å². The lowest BCUT2D eigenvalue weighted by Crippen LogP contribution is -2.37. The fourth-order valence-electron chi connectivity index (χ4n) is 1.74. The molecule has 0 aromatic heterocycles. The van der Waals surface area contributed by atoms with Crippen LogP contribution in [0.2, 0.25) is 0 Å². The zero-order valence-corrected chi connectivity index (χ0v) is 10.2. The van der Waals surface area contributed by atoms with Crippen LogP contribution in [-0.4, -0.2) is 42.4 Å². The summed E-state index contributed by atoms with van der Waals surface area (Å²) in [4.78, 5) is 17.7. The number of rotatable bonds is 4. The summed E-state index contributed by atoms with van der Waals surface area (Å²) in [5, 5.41) is 2.99. The molecule has 0 bridgehead atoms. The fourth-order valence-corrected chi connectivity index (χ4v) is 1.74. The summed E-state index contributed by atoms with van der Waals surface area (Å²) in [6.07, 6.45) is 2.72. The van der Waals surface area contributed by atoms with Gasteiger partial charge in [0.25, 0.3) is 0 Å². The zero-order valence-electron chi connectivity index (χ0n) is 10.2. The second-order valence-electron chi connectivity index (χ2n) is 4.40. The predicted octanol–water partition coefficient (Wildman–Crippen LogP) is 0.312. The number of guanidine groups is 1. The molecule has 92 valence electrons. The van der Waals surface area contributed by atoms with Crippen molar-refractivity contribution < 1.29 is 4.79 Å². The summed E-state index contributed by atoms with van der Waals surface area (Å²) in [7, 11) is 0. The van der Waals surface area contributed by atoms with Crippen molar-refractivity contribution >= 4 is 11.9 Å². The average molecular weight is 226 g/mol. The van der Waals surface area contributed by atoms with Gasteiger partial charge in [-0.2, -0.15) is 0 Å². The minimum absolute atomic E-state index is 0.193. The quantitative estimate of drug-likeness (QED) is 0.535. The van der Waals surface area contributed by atoms with Crippen LogP contribution in [0.1, 0.15) is 33.1 Å². The van der Waals surface area contributed by atoms with Gasteiger partial charge < -0.3 is 16.0 Å². The molecule has 0 aromatic carbocycles. The molecule has 5 nitrogen and oxygen atoms in total. The Labute approximate surface area is 97.1 Å². The van der Waals surface area contributed by atoms with Gasteiger partial charge in [-0.1, -0.05) is 0 Å². The van der Waals surface area contributed by atoms with Crippen LogP contribution in [0.5, 0.6) is 0 Å². The van der Waals surface area contributed by atoms with E-state index in [-0.39, 0.29) is 11.9 Å². The van der Waals surface area contributed by atoms with Crippen LogP contribution in [-0.2, 0) is 4.79 Å². The molecule has 1 aliphatic rings. The number of nitrogens with one attached hydrogen (secondary N) is 1. The lowest BCUT2D eigenvalue weighted by atomic mass is 10.3. The Morgan fingerprint density at radius 1 is 1.44 bits per heavy atom. The molecule has 0 aliphatic carbocycles. The molecule has 0 aromatic rings. The van der Waals surface area contributed by atoms with Crippen LogP contribution >= 0.6 is 0 Å². The van der Waals surface area contributed by atoms with Crippen molar-refractivity contribution in [1.82, 2.24) is 10.2 Å². The van der Waals surface area contributed by atoms with Crippen LogP contribution in [0.3, 0.4) is 0 Å². The number of hydrogen-bond acceptors (Lipinski definition) is 2. The highest BCUT2D eigenvalue weighted by Crippen LogP contribution is 2.08. The minimum Gasteiger partial charge on any atom is -0.370 e. The Morgan fingerprint density at radius 2 is 2.06 bits per heavy atom. The smallest absolute Gasteiger partial charge is 0.224 e. The van der Waals surface area contributed by atoms with E-state index in [4.69, 9.17) is 5.73 Å². The molecule has 0 radical (unpaired) electrons. The van der Waals surface area contributed by atoms with Gasteiger partial charge >= 0.3 is 0 Å². The normalized spacial score (nSPS) is 16.9. The van der Waals surface area contributed by atoms with E-state index in [0.717, 1.165) is 25.9 Å². The number of nitrogens with two attached hydrogens (primary N) is 1. The van der Waals surface area contributed by atoms with Gasteiger partial charge in [-0.25, -0.2) is 0 Å². The fraction of sp³-hybridized carbons (Fsp3) is 0.818. The molecule has 1 heterocycles. The highest BCUT2D eigenvalue weighted by Gasteiger charge is 2.16. The van der Waals surface area contributed by atoms with Crippen LogP contribution in [0, 0.1) is 0 Å². The molecule has 1 saturated heterocycles. The number of aliphatic imine (C=N–C) groups is 1. The minimum atomic E-state index is 0.193. The van der Waals surface area contributed by atoms with Crippen molar-refractivity contribution in [2.45, 2.75) is 39.2 Å². The van der Waals surface area contributed by atoms with E-state index in [1.54, 1.807) is 0 Å². The number of nitrogens with zero attached hydrogens (tertiary/aromatic N) is 2. The summed E-state index contributed by atoms with van der Waals surface area (Å²) in [5.74, 6) is 0.614. The summed E-state index contributed by atoms with van der Waals surface area (Å²) >= 11 is 0. The van der Waals surface area contributed by atoms with Crippen molar-refractivity contribution in [2.24, 2.45) is 10.7 Å². The van der Waals surface area contributed by atoms with Gasteiger partial charge in [0.05, 0.1) is 6.54 Å². The van der Waals surface area contributed by atoms with E-state index in [1.807, 2.05) is 18.7 Å². The van der Waals surface area contributed by atoms with Crippen LogP contribution in [0.15, 0.2) is 4.99 Å². The van der Waals surface area contributed by atoms with E-state index < -0.39 is 0 Å². The first kappa shape index (κ1) is 12.8. The second-order valence-corrected chi connectivity index (χ2v) is 4.40. The molecule has 0 atom stereocenters. The van der Waals surface area contributed by atoms with Gasteiger partial charge in [-0.3, -0.25) is 9.79 Å². The summed E-state index contributed by atoms with van der Waals surface area (Å²) in [6.45, 7) is 6.28. The largest absolute Gasteiger partial charge is 0.370 e. The van der Waals surface area contributed by atoms with Crippen LogP contribution < -0.4 is 11.1 Å². The van der Waals surface area contributed by atoms with Crippen molar-refractivity contribution in [3.05, 3.63) is 0 Å². The highest BCUT2D eigenvalue weighted by atomic mass is 16.2. The Hall–Kier alpha value is -1.26. The molecule has 1 rings (SSSR count). The number of carbonyl (C=O) groups is 1. The SMILES string of the molecule is CC(C)NC(N)=NCCC(=O)N1CCCC1. The van der Waals surface area contributed by atoms with Gasteiger partial charge in [0.1, 0.15) is 0 Å². The Bertz CT molecular complexity index is 257. The standard InChI is InChI=1S/C11H22N4O/c1-9(2)14-11(12)13-6-5-10(16)15-7-3-4-8-15/h9H,3-8H2,1-2H3,(H3,12,13,14). The van der Waals surface area contributed by atoms with E-state index in [9.17, 15) is 4.79 Å². The second kappa shape index (κ2) is 6.35. The molecule has 3 N–H and O–H groups in total. The molecule has 0 saturated carbocycles. The molecule has 1 aliphatic heterocycles. The first-order chi connectivity index (χ1) is 7.59. The van der Waals surface area contributed by atoms with Crippen molar-refractivity contribution in [1.29, 1.82) is 0 Å². The van der Waals surface area contributed by atoms with Crippen LogP contribution in [0.4, 0.5) is 0 Å². The summed E-state index contributed by atoms with van der Waals surface area (Å²) in [6, 6.07) is 0.276. The number of amides is 1. The van der Waals surface area contributed by atoms with Gasteiger partial charge in [-0.15, -0.1) is 0 Å². The third kappa shape index (κ3) is 4.51. The predicted molar refractivity (Wildman–Crippen MR) is 65.2 cm³/mol. The van der Waals surface area contributed by atoms with Gasteiger partial charge in [0.15, 0.2) is 5.96 Å². The summed E-state index contributed by atoms with van der Waals surface area (Å²) in [5.41, 5.74) is 5.63. The molecule has 0 unspecified atom stereocenters. The summed E-state index contributed by atoms with van der Waals surface area (Å²) < 4.78 is 0. The molecule has 1 fully saturated rings. The van der Waals surface area contributed by atoms with Crippen molar-refractivity contribution in [2.75, 3.05) is 19.6 Å². The number of likely N-dealkylation sites (tertiary alicyclic amines) is 1. The van der Waals surface area contributed by atoms with E-state index in [1.165, 1.54) is 0 Å². The van der Waals surface area contributed by atoms with Crippen molar-refractivity contribution in [3.63, 3.8) is 0 Å². The maximum atomic E-state index is 11.6. The Kier molecular flexibility index (Phi) is 5.08. The van der Waals surface area contributed by atoms with E-state index in [2.05, 4.69) is 10.3 Å². The van der Waals surface area contributed by atoms with Crippen molar-refractivity contribution in [3.8, 4) is 0 Å². The average Bonchev–Trinajstić information content (AvgIpc) is 2.68.